The van der Waals surface area contributed by atoms with Crippen molar-refractivity contribution in [3.63, 3.8) is 0 Å². The summed E-state index contributed by atoms with van der Waals surface area (Å²) in [6, 6.07) is 5.09. The zero-order chi connectivity index (χ0) is 24.8. The Morgan fingerprint density at radius 1 is 1.18 bits per heavy atom. The van der Waals surface area contributed by atoms with Gasteiger partial charge in [0.05, 0.1) is 7.11 Å². The molecule has 1 fully saturated rings. The predicted octanol–water partition coefficient (Wildman–Crippen LogP) is 2.14. The van der Waals surface area contributed by atoms with E-state index in [0.717, 1.165) is 18.4 Å². The summed E-state index contributed by atoms with van der Waals surface area (Å²) in [5, 5.41) is 5.14. The fraction of sp³-hybridized carbons (Fsp3) is 0.565. The molecule has 10 heteroatoms. The van der Waals surface area contributed by atoms with Crippen molar-refractivity contribution in [2.24, 2.45) is 0 Å². The Balaban J connectivity index is 2.37. The van der Waals surface area contributed by atoms with Crippen LogP contribution in [0.4, 0.5) is 4.79 Å². The highest BCUT2D eigenvalue weighted by atomic mass is 32.1. The van der Waals surface area contributed by atoms with Crippen molar-refractivity contribution >= 4 is 36.5 Å². The van der Waals surface area contributed by atoms with Gasteiger partial charge in [-0.2, -0.15) is 12.6 Å². The molecule has 0 spiro atoms. The molecule has 0 heterocycles. The number of thiol groups is 1. The molecule has 1 saturated carbocycles. The molecule has 9 nitrogen and oxygen atoms in total. The fourth-order valence-electron chi connectivity index (χ4n) is 3.33. The minimum absolute atomic E-state index is 0.0194. The first-order valence-electron chi connectivity index (χ1n) is 10.8. The summed E-state index contributed by atoms with van der Waals surface area (Å²) in [7, 11) is 1.23. The number of nitrogens with zero attached hydrogens (tertiary/aromatic N) is 1. The molecule has 3 amide bonds. The first kappa shape index (κ1) is 26.5. The lowest BCUT2D eigenvalue weighted by molar-refractivity contribution is -0.145. The molecule has 0 aliphatic heterocycles. The van der Waals surface area contributed by atoms with Gasteiger partial charge in [0.1, 0.15) is 24.2 Å². The number of ether oxygens (including phenoxy) is 2. The molecule has 0 radical (unpaired) electrons. The summed E-state index contributed by atoms with van der Waals surface area (Å²) < 4.78 is 9.89. The highest BCUT2D eigenvalue weighted by Gasteiger charge is 2.44. The van der Waals surface area contributed by atoms with Gasteiger partial charge in [0, 0.05) is 11.8 Å². The van der Waals surface area contributed by atoms with Crippen molar-refractivity contribution < 1.29 is 28.7 Å². The number of carbonyl (C=O) groups is 4. The number of hydrogen-bond donors (Lipinski definition) is 3. The monoisotopic (exact) mass is 479 g/mol. The van der Waals surface area contributed by atoms with Crippen molar-refractivity contribution in [1.29, 1.82) is 0 Å². The lowest BCUT2D eigenvalue weighted by Crippen LogP contribution is -2.54. The average molecular weight is 480 g/mol. The van der Waals surface area contributed by atoms with Crippen LogP contribution in [-0.2, 0) is 23.9 Å². The van der Waals surface area contributed by atoms with Gasteiger partial charge < -0.3 is 25.0 Å². The molecule has 2 unspecified atom stereocenters. The van der Waals surface area contributed by atoms with Gasteiger partial charge in [0.15, 0.2) is 0 Å². The van der Waals surface area contributed by atoms with Crippen LogP contribution in [0, 0.1) is 6.92 Å². The number of aryl methyl sites for hydroxylation is 1. The Kier molecular flexibility index (Phi) is 9.16. The maximum Gasteiger partial charge on any atom is 0.408 e. The highest BCUT2D eigenvalue weighted by Crippen LogP contribution is 2.36. The summed E-state index contributed by atoms with van der Waals surface area (Å²) in [5.74, 6) is -1.54. The van der Waals surface area contributed by atoms with Gasteiger partial charge in [-0.25, -0.2) is 4.79 Å². The maximum absolute atomic E-state index is 13.6. The summed E-state index contributed by atoms with van der Waals surface area (Å²) in [4.78, 5) is 52.3. The molecule has 33 heavy (non-hydrogen) atoms. The number of amides is 3. The molecule has 1 aromatic rings. The summed E-state index contributed by atoms with van der Waals surface area (Å²) in [6.07, 6.45) is 0.710. The third-order valence-electron chi connectivity index (χ3n) is 5.01. The van der Waals surface area contributed by atoms with Crippen molar-refractivity contribution in [3.8, 4) is 0 Å². The van der Waals surface area contributed by atoms with Gasteiger partial charge in [-0.1, -0.05) is 24.3 Å². The zero-order valence-corrected chi connectivity index (χ0v) is 20.6. The average Bonchev–Trinajstić information content (AvgIpc) is 3.57. The molecule has 0 bridgehead atoms. The number of benzene rings is 1. The van der Waals surface area contributed by atoms with Crippen LogP contribution in [0.1, 0.15) is 50.8 Å². The largest absolute Gasteiger partial charge is 0.468 e. The molecule has 1 aliphatic carbocycles. The van der Waals surface area contributed by atoms with E-state index in [9.17, 15) is 19.2 Å². The molecule has 0 saturated heterocycles. The van der Waals surface area contributed by atoms with E-state index < -0.39 is 41.6 Å². The van der Waals surface area contributed by atoms with Gasteiger partial charge in [-0.3, -0.25) is 14.4 Å². The van der Waals surface area contributed by atoms with E-state index in [0.29, 0.717) is 5.56 Å². The number of nitrogens with one attached hydrogen (secondary N) is 2. The Bertz CT molecular complexity index is 881. The van der Waals surface area contributed by atoms with Crippen LogP contribution in [0.3, 0.4) is 0 Å². The first-order chi connectivity index (χ1) is 15.5. The van der Waals surface area contributed by atoms with Crippen LogP contribution >= 0.6 is 12.6 Å². The topological polar surface area (TPSA) is 114 Å². The van der Waals surface area contributed by atoms with Crippen molar-refractivity contribution in [1.82, 2.24) is 15.5 Å². The highest BCUT2D eigenvalue weighted by molar-refractivity contribution is 7.80. The SMILES string of the molecule is COC(=O)CNC(=O)C(c1ccccc1C)N(C(=O)C(CS)NC(=O)OC(C)(C)C)C1CC1. The molecular formula is C23H33N3O6S. The molecular weight excluding hydrogens is 446 g/mol. The van der Waals surface area contributed by atoms with Crippen molar-refractivity contribution in [3.05, 3.63) is 35.4 Å². The number of methoxy groups -OCH3 is 1. The van der Waals surface area contributed by atoms with Crippen LogP contribution in [-0.4, -0.2) is 65.9 Å². The third-order valence-corrected chi connectivity index (χ3v) is 5.38. The molecule has 2 rings (SSSR count). The van der Waals surface area contributed by atoms with Crippen LogP contribution in [0.15, 0.2) is 24.3 Å². The third kappa shape index (κ3) is 7.66. The second kappa shape index (κ2) is 11.4. The lowest BCUT2D eigenvalue weighted by atomic mass is 9.98. The van der Waals surface area contributed by atoms with E-state index in [2.05, 4.69) is 28.0 Å². The molecule has 2 atom stereocenters. The van der Waals surface area contributed by atoms with E-state index in [-0.39, 0.29) is 18.3 Å². The van der Waals surface area contributed by atoms with E-state index in [1.165, 1.54) is 12.0 Å². The van der Waals surface area contributed by atoms with Gasteiger partial charge in [0.25, 0.3) is 0 Å². The molecule has 1 aromatic carbocycles. The van der Waals surface area contributed by atoms with Crippen LogP contribution < -0.4 is 10.6 Å². The first-order valence-corrected chi connectivity index (χ1v) is 11.4. The molecule has 0 aromatic heterocycles. The van der Waals surface area contributed by atoms with E-state index in [1.807, 2.05) is 19.1 Å². The minimum Gasteiger partial charge on any atom is -0.468 e. The normalized spacial score (nSPS) is 15.1. The van der Waals surface area contributed by atoms with Crippen molar-refractivity contribution in [2.75, 3.05) is 19.4 Å². The number of hydrogen-bond acceptors (Lipinski definition) is 7. The lowest BCUT2D eigenvalue weighted by Gasteiger charge is -2.35. The van der Waals surface area contributed by atoms with Crippen LogP contribution in [0.5, 0.6) is 0 Å². The Labute approximate surface area is 200 Å². The minimum atomic E-state index is -0.997. The Morgan fingerprint density at radius 3 is 2.33 bits per heavy atom. The summed E-state index contributed by atoms with van der Waals surface area (Å²) in [6.45, 7) is 6.69. The van der Waals surface area contributed by atoms with E-state index >= 15 is 0 Å². The molecule has 182 valence electrons. The molecule has 1 aliphatic rings. The van der Waals surface area contributed by atoms with Gasteiger partial charge in [-0.05, 0) is 51.7 Å². The van der Waals surface area contributed by atoms with Crippen LogP contribution in [0.2, 0.25) is 0 Å². The van der Waals surface area contributed by atoms with Crippen LogP contribution in [0.25, 0.3) is 0 Å². The van der Waals surface area contributed by atoms with Gasteiger partial charge in [0.2, 0.25) is 11.8 Å². The van der Waals surface area contributed by atoms with E-state index in [4.69, 9.17) is 4.74 Å². The quantitative estimate of drug-likeness (QED) is 0.369. The number of rotatable bonds is 9. The number of esters is 1. The predicted molar refractivity (Wildman–Crippen MR) is 126 cm³/mol. The van der Waals surface area contributed by atoms with Gasteiger partial charge >= 0.3 is 12.1 Å². The van der Waals surface area contributed by atoms with Crippen molar-refractivity contribution in [2.45, 2.75) is 64.3 Å². The van der Waals surface area contributed by atoms with E-state index in [1.54, 1.807) is 32.9 Å². The number of carbonyl (C=O) groups excluding carboxylic acids is 4. The fourth-order valence-corrected chi connectivity index (χ4v) is 3.57. The second-order valence-corrected chi connectivity index (χ2v) is 9.28. The number of alkyl carbamates (subject to hydrolysis) is 1. The standard InChI is InChI=1S/C23H33N3O6S/c1-14-8-6-7-9-16(14)19(20(28)24-12-18(27)31-5)26(15-10-11-15)21(29)17(13-33)25-22(30)32-23(2,3)4/h6-9,15,17,19,33H,10-13H2,1-5H3,(H,24,28)(H,25,30). The second-order valence-electron chi connectivity index (χ2n) is 8.91. The summed E-state index contributed by atoms with van der Waals surface area (Å²) >= 11 is 4.25. The summed E-state index contributed by atoms with van der Waals surface area (Å²) in [5.41, 5.74) is 0.717. The maximum atomic E-state index is 13.6. The molecule has 2 N–H and O–H groups in total. The Morgan fingerprint density at radius 2 is 1.82 bits per heavy atom. The smallest absolute Gasteiger partial charge is 0.408 e. The van der Waals surface area contributed by atoms with Gasteiger partial charge in [-0.15, -0.1) is 0 Å². The Hall–Kier alpha value is -2.75. The zero-order valence-electron chi connectivity index (χ0n) is 19.7.